The standard InChI is InChI=1S/C20H15FN2O5S/c21-14-6-4-7-15(12-14)23-29(27,28)16-8-3-5-13(11-16)19(24)22-18-10-2-1-9-17(18)20(25)26/h1-12,23H,(H,22,24)(H,25,26). The largest absolute Gasteiger partial charge is 0.478 e. The van der Waals surface area contributed by atoms with E-state index < -0.39 is 27.7 Å². The van der Waals surface area contributed by atoms with Gasteiger partial charge in [-0.15, -0.1) is 0 Å². The van der Waals surface area contributed by atoms with Crippen LogP contribution in [0.5, 0.6) is 0 Å². The fraction of sp³-hybridized carbons (Fsp3) is 0. The van der Waals surface area contributed by atoms with Crippen LogP contribution in [-0.2, 0) is 10.0 Å². The van der Waals surface area contributed by atoms with Gasteiger partial charge in [-0.25, -0.2) is 17.6 Å². The highest BCUT2D eigenvalue weighted by Crippen LogP contribution is 2.20. The number of amides is 1. The molecule has 0 saturated carbocycles. The van der Waals surface area contributed by atoms with Crippen molar-refractivity contribution in [3.63, 3.8) is 0 Å². The number of sulfonamides is 1. The Kier molecular flexibility index (Phi) is 5.60. The van der Waals surface area contributed by atoms with E-state index in [0.717, 1.165) is 12.1 Å². The first-order valence-corrected chi connectivity index (χ1v) is 9.77. The summed E-state index contributed by atoms with van der Waals surface area (Å²) in [5.41, 5.74) is 0.0242. The summed E-state index contributed by atoms with van der Waals surface area (Å²) in [6.07, 6.45) is 0. The van der Waals surface area contributed by atoms with Crippen molar-refractivity contribution in [2.75, 3.05) is 10.0 Å². The van der Waals surface area contributed by atoms with Crippen LogP contribution in [0.3, 0.4) is 0 Å². The molecule has 7 nitrogen and oxygen atoms in total. The minimum Gasteiger partial charge on any atom is -0.478 e. The predicted octanol–water partition coefficient (Wildman–Crippen LogP) is 3.58. The molecule has 0 heterocycles. The van der Waals surface area contributed by atoms with E-state index in [1.807, 2.05) is 0 Å². The summed E-state index contributed by atoms with van der Waals surface area (Å²) in [7, 11) is -4.07. The predicted molar refractivity (Wildman–Crippen MR) is 105 cm³/mol. The highest BCUT2D eigenvalue weighted by atomic mass is 32.2. The van der Waals surface area contributed by atoms with E-state index in [9.17, 15) is 27.5 Å². The number of anilines is 2. The first-order valence-electron chi connectivity index (χ1n) is 8.28. The zero-order valence-electron chi connectivity index (χ0n) is 14.8. The fourth-order valence-corrected chi connectivity index (χ4v) is 3.64. The van der Waals surface area contributed by atoms with E-state index in [0.29, 0.717) is 0 Å². The smallest absolute Gasteiger partial charge is 0.337 e. The number of hydrogen-bond donors (Lipinski definition) is 3. The molecule has 9 heteroatoms. The Bertz CT molecular complexity index is 1190. The number of carbonyl (C=O) groups is 2. The van der Waals surface area contributed by atoms with Gasteiger partial charge < -0.3 is 10.4 Å². The summed E-state index contributed by atoms with van der Waals surface area (Å²) in [5, 5.41) is 11.7. The maximum Gasteiger partial charge on any atom is 0.337 e. The highest BCUT2D eigenvalue weighted by Gasteiger charge is 2.18. The van der Waals surface area contributed by atoms with Crippen molar-refractivity contribution < 1.29 is 27.5 Å². The molecule has 0 spiro atoms. The van der Waals surface area contributed by atoms with Crippen LogP contribution < -0.4 is 10.0 Å². The number of hydrogen-bond acceptors (Lipinski definition) is 4. The Morgan fingerprint density at radius 2 is 1.62 bits per heavy atom. The molecule has 0 aliphatic carbocycles. The second-order valence-electron chi connectivity index (χ2n) is 5.95. The van der Waals surface area contributed by atoms with Gasteiger partial charge in [-0.2, -0.15) is 0 Å². The van der Waals surface area contributed by atoms with E-state index in [1.54, 1.807) is 6.07 Å². The van der Waals surface area contributed by atoms with Crippen LogP contribution in [0.15, 0.2) is 77.7 Å². The summed E-state index contributed by atoms with van der Waals surface area (Å²) >= 11 is 0. The number of para-hydroxylation sites is 1. The number of benzene rings is 3. The van der Waals surface area contributed by atoms with Crippen LogP contribution in [0, 0.1) is 5.82 Å². The molecule has 29 heavy (non-hydrogen) atoms. The lowest BCUT2D eigenvalue weighted by atomic mass is 10.1. The normalized spacial score (nSPS) is 10.9. The summed E-state index contributed by atoms with van der Waals surface area (Å²) in [6.45, 7) is 0. The summed E-state index contributed by atoms with van der Waals surface area (Å²) < 4.78 is 40.6. The molecule has 0 aliphatic heterocycles. The van der Waals surface area contributed by atoms with Gasteiger partial charge in [-0.3, -0.25) is 9.52 Å². The minimum atomic E-state index is -4.07. The zero-order chi connectivity index (χ0) is 21.0. The number of nitrogens with one attached hydrogen (secondary N) is 2. The Morgan fingerprint density at radius 3 is 2.34 bits per heavy atom. The molecule has 3 rings (SSSR count). The van der Waals surface area contributed by atoms with E-state index in [-0.39, 0.29) is 27.4 Å². The third kappa shape index (κ3) is 4.77. The lowest BCUT2D eigenvalue weighted by molar-refractivity contribution is 0.0698. The Morgan fingerprint density at radius 1 is 0.897 bits per heavy atom. The molecule has 3 N–H and O–H groups in total. The van der Waals surface area contributed by atoms with Crippen LogP contribution in [0.4, 0.5) is 15.8 Å². The molecule has 3 aromatic rings. The average Bonchev–Trinajstić information content (AvgIpc) is 2.68. The van der Waals surface area contributed by atoms with Crippen LogP contribution >= 0.6 is 0 Å². The average molecular weight is 414 g/mol. The number of carbonyl (C=O) groups excluding carboxylic acids is 1. The molecule has 0 fully saturated rings. The molecule has 0 atom stereocenters. The van der Waals surface area contributed by atoms with E-state index in [4.69, 9.17) is 0 Å². The van der Waals surface area contributed by atoms with Crippen molar-refractivity contribution in [2.24, 2.45) is 0 Å². The molecule has 0 saturated heterocycles. The fourth-order valence-electron chi connectivity index (χ4n) is 2.54. The van der Waals surface area contributed by atoms with E-state index in [2.05, 4.69) is 10.0 Å². The molecule has 0 aromatic heterocycles. The van der Waals surface area contributed by atoms with Gasteiger partial charge in [0.2, 0.25) is 0 Å². The summed E-state index contributed by atoms with van der Waals surface area (Å²) in [4.78, 5) is 23.6. The van der Waals surface area contributed by atoms with Gasteiger partial charge in [0.15, 0.2) is 0 Å². The van der Waals surface area contributed by atoms with Crippen molar-refractivity contribution in [3.05, 3.63) is 89.7 Å². The van der Waals surface area contributed by atoms with Crippen LogP contribution in [0.1, 0.15) is 20.7 Å². The van der Waals surface area contributed by atoms with Crippen molar-refractivity contribution >= 4 is 33.3 Å². The van der Waals surface area contributed by atoms with Gasteiger partial charge in [0.1, 0.15) is 5.82 Å². The van der Waals surface area contributed by atoms with Crippen molar-refractivity contribution in [2.45, 2.75) is 4.90 Å². The first-order chi connectivity index (χ1) is 13.8. The van der Waals surface area contributed by atoms with Gasteiger partial charge in [0.25, 0.3) is 15.9 Å². The van der Waals surface area contributed by atoms with Crippen LogP contribution in [0.2, 0.25) is 0 Å². The number of aromatic carboxylic acids is 1. The van der Waals surface area contributed by atoms with Gasteiger partial charge in [-0.1, -0.05) is 24.3 Å². The molecule has 0 aliphatic rings. The summed E-state index contributed by atoms with van der Waals surface area (Å²) in [6, 6.07) is 16.0. The molecular formula is C20H15FN2O5S. The van der Waals surface area contributed by atoms with Crippen molar-refractivity contribution in [1.82, 2.24) is 0 Å². The number of halogens is 1. The van der Waals surface area contributed by atoms with Crippen LogP contribution in [0.25, 0.3) is 0 Å². The first kappa shape index (κ1) is 20.0. The number of carboxylic acid groups (broad SMARTS) is 1. The molecule has 3 aromatic carbocycles. The maximum atomic E-state index is 13.3. The second-order valence-corrected chi connectivity index (χ2v) is 7.63. The Balaban J connectivity index is 1.85. The Hall–Kier alpha value is -3.72. The van der Waals surface area contributed by atoms with E-state index in [1.165, 1.54) is 54.6 Å². The van der Waals surface area contributed by atoms with Gasteiger partial charge in [0.05, 0.1) is 21.8 Å². The summed E-state index contributed by atoms with van der Waals surface area (Å²) in [5.74, 6) is -2.49. The number of rotatable bonds is 6. The van der Waals surface area contributed by atoms with E-state index >= 15 is 0 Å². The van der Waals surface area contributed by atoms with Crippen molar-refractivity contribution in [1.29, 1.82) is 0 Å². The quantitative estimate of drug-likeness (QED) is 0.571. The molecule has 148 valence electrons. The van der Waals surface area contributed by atoms with Crippen molar-refractivity contribution in [3.8, 4) is 0 Å². The topological polar surface area (TPSA) is 113 Å². The monoisotopic (exact) mass is 414 g/mol. The SMILES string of the molecule is O=C(Nc1ccccc1C(=O)O)c1cccc(S(=O)(=O)Nc2cccc(F)c2)c1. The number of carboxylic acids is 1. The lowest BCUT2D eigenvalue weighted by Crippen LogP contribution is -2.17. The molecule has 0 bridgehead atoms. The third-order valence-electron chi connectivity index (χ3n) is 3.89. The maximum absolute atomic E-state index is 13.3. The highest BCUT2D eigenvalue weighted by molar-refractivity contribution is 7.92. The van der Waals surface area contributed by atoms with Crippen LogP contribution in [-0.4, -0.2) is 25.4 Å². The molecule has 1 amide bonds. The lowest BCUT2D eigenvalue weighted by Gasteiger charge is -2.11. The van der Waals surface area contributed by atoms with Gasteiger partial charge in [-0.05, 0) is 48.5 Å². The zero-order valence-corrected chi connectivity index (χ0v) is 15.6. The molecular weight excluding hydrogens is 399 g/mol. The van der Waals surface area contributed by atoms with Gasteiger partial charge in [0, 0.05) is 5.56 Å². The minimum absolute atomic E-state index is 0.00677. The molecule has 0 radical (unpaired) electrons. The Labute approximate surface area is 165 Å². The second kappa shape index (κ2) is 8.11. The van der Waals surface area contributed by atoms with Gasteiger partial charge >= 0.3 is 5.97 Å². The third-order valence-corrected chi connectivity index (χ3v) is 5.27. The molecule has 0 unspecified atom stereocenters.